The molecule has 198 valence electrons. The number of methoxy groups -OCH3 is 1. The molecule has 0 radical (unpaired) electrons. The lowest BCUT2D eigenvalue weighted by Crippen LogP contribution is -2.31. The Kier molecular flexibility index (Phi) is 9.67. The van der Waals surface area contributed by atoms with E-state index in [-0.39, 0.29) is 23.6 Å². The molecule has 10 heteroatoms. The monoisotopic (exact) mass is 549 g/mol. The van der Waals surface area contributed by atoms with Crippen LogP contribution in [0.4, 0.5) is 5.69 Å². The highest BCUT2D eigenvalue weighted by Crippen LogP contribution is 2.26. The number of amides is 2. The molecule has 4 rings (SSSR count). The van der Waals surface area contributed by atoms with Crippen LogP contribution in [0, 0.1) is 0 Å². The number of nitrogens with zero attached hydrogens (tertiary/aromatic N) is 3. The molecule has 0 fully saturated rings. The van der Waals surface area contributed by atoms with Crippen molar-refractivity contribution in [2.24, 2.45) is 0 Å². The number of carbonyl (C=O) groups excluding carboxylic acids is 2. The summed E-state index contributed by atoms with van der Waals surface area (Å²) in [6.07, 6.45) is 2.73. The molecule has 38 heavy (non-hydrogen) atoms. The van der Waals surface area contributed by atoms with Crippen LogP contribution < -0.4 is 15.4 Å². The zero-order valence-electron chi connectivity index (χ0n) is 21.6. The fourth-order valence-electron chi connectivity index (χ4n) is 4.10. The van der Waals surface area contributed by atoms with E-state index in [1.165, 1.54) is 11.8 Å². The van der Waals surface area contributed by atoms with Gasteiger partial charge in [0.05, 0.1) is 18.9 Å². The lowest BCUT2D eigenvalue weighted by atomic mass is 10.1. The second-order valence-electron chi connectivity index (χ2n) is 8.48. The van der Waals surface area contributed by atoms with Gasteiger partial charge in [0.15, 0.2) is 11.0 Å². The maximum absolute atomic E-state index is 13.0. The van der Waals surface area contributed by atoms with Crippen LogP contribution in [0.2, 0.25) is 0 Å². The molecule has 3 aromatic carbocycles. The van der Waals surface area contributed by atoms with Crippen LogP contribution in [0.15, 0.2) is 71.9 Å². The van der Waals surface area contributed by atoms with Crippen LogP contribution in [-0.2, 0) is 11.3 Å². The van der Waals surface area contributed by atoms with Crippen molar-refractivity contribution in [3.63, 3.8) is 0 Å². The SMILES string of the molecule is CCn1c(SCC(=O)Nc2cccc3ccccc23)nnc1[C@H](CCSC)NC(=O)c1ccc(OC)cc1. The fourth-order valence-corrected chi connectivity index (χ4v) is 5.38. The molecule has 1 aromatic heterocycles. The van der Waals surface area contributed by atoms with Gasteiger partial charge in [0, 0.05) is 23.2 Å². The van der Waals surface area contributed by atoms with Crippen molar-refractivity contribution >= 4 is 51.8 Å². The highest BCUT2D eigenvalue weighted by Gasteiger charge is 2.23. The van der Waals surface area contributed by atoms with Crippen LogP contribution >= 0.6 is 23.5 Å². The molecule has 0 bridgehead atoms. The topological polar surface area (TPSA) is 98.1 Å². The zero-order valence-corrected chi connectivity index (χ0v) is 23.3. The molecule has 2 amide bonds. The molecule has 0 saturated heterocycles. The summed E-state index contributed by atoms with van der Waals surface area (Å²) in [6.45, 7) is 2.62. The van der Waals surface area contributed by atoms with Gasteiger partial charge < -0.3 is 19.9 Å². The Hall–Kier alpha value is -3.50. The number of carbonyl (C=O) groups is 2. The quantitative estimate of drug-likeness (QED) is 0.228. The molecule has 8 nitrogen and oxygen atoms in total. The zero-order chi connectivity index (χ0) is 26.9. The van der Waals surface area contributed by atoms with E-state index >= 15 is 0 Å². The van der Waals surface area contributed by atoms with Crippen LogP contribution in [0.1, 0.15) is 35.6 Å². The van der Waals surface area contributed by atoms with E-state index in [9.17, 15) is 9.59 Å². The number of aromatic nitrogens is 3. The number of fused-ring (bicyclic) bond motifs is 1. The lowest BCUT2D eigenvalue weighted by Gasteiger charge is -2.19. The van der Waals surface area contributed by atoms with Gasteiger partial charge in [0.1, 0.15) is 5.75 Å². The minimum Gasteiger partial charge on any atom is -0.497 e. The third kappa shape index (κ3) is 6.68. The summed E-state index contributed by atoms with van der Waals surface area (Å²) in [6, 6.07) is 20.5. The molecule has 0 aliphatic heterocycles. The first kappa shape index (κ1) is 27.5. The normalized spacial score (nSPS) is 11.8. The maximum Gasteiger partial charge on any atom is 0.251 e. The number of benzene rings is 3. The van der Waals surface area contributed by atoms with Gasteiger partial charge in [0.25, 0.3) is 5.91 Å². The van der Waals surface area contributed by atoms with Crippen LogP contribution in [0.5, 0.6) is 5.75 Å². The molecular weight excluding hydrogens is 518 g/mol. The summed E-state index contributed by atoms with van der Waals surface area (Å²) in [5, 5.41) is 17.6. The number of anilines is 1. The molecular formula is C28H31N5O3S2. The smallest absolute Gasteiger partial charge is 0.251 e. The molecule has 0 aliphatic carbocycles. The van der Waals surface area contributed by atoms with Gasteiger partial charge in [-0.3, -0.25) is 9.59 Å². The maximum atomic E-state index is 13.0. The van der Waals surface area contributed by atoms with E-state index < -0.39 is 0 Å². The standard InChI is InChI=1S/C28H31N5O3S2/c1-4-33-26(24(16-17-37-3)30-27(35)20-12-14-21(36-2)15-13-20)31-32-28(33)38-18-25(34)29-23-11-7-9-19-8-5-6-10-22(19)23/h5-15,24H,4,16-18H2,1-3H3,(H,29,34)(H,30,35)/t24-/m0/s1. The van der Waals surface area contributed by atoms with Crippen molar-refractivity contribution < 1.29 is 14.3 Å². The van der Waals surface area contributed by atoms with E-state index in [1.54, 1.807) is 43.1 Å². The molecule has 1 heterocycles. The Morgan fingerprint density at radius 1 is 1.03 bits per heavy atom. The second kappa shape index (κ2) is 13.3. The second-order valence-corrected chi connectivity index (χ2v) is 10.4. The Balaban J connectivity index is 1.46. The minimum absolute atomic E-state index is 0.120. The van der Waals surface area contributed by atoms with Crippen LogP contribution in [-0.4, -0.2) is 51.5 Å². The highest BCUT2D eigenvalue weighted by molar-refractivity contribution is 7.99. The first-order chi connectivity index (χ1) is 18.5. The van der Waals surface area contributed by atoms with E-state index in [2.05, 4.69) is 20.8 Å². The van der Waals surface area contributed by atoms with Gasteiger partial charge in [-0.2, -0.15) is 11.8 Å². The first-order valence-corrected chi connectivity index (χ1v) is 14.7. The number of rotatable bonds is 12. The van der Waals surface area contributed by atoms with Gasteiger partial charge >= 0.3 is 0 Å². The molecule has 0 aliphatic rings. The number of hydrogen-bond donors (Lipinski definition) is 2. The van der Waals surface area contributed by atoms with Gasteiger partial charge in [-0.05, 0) is 61.1 Å². The summed E-state index contributed by atoms with van der Waals surface area (Å²) >= 11 is 3.04. The third-order valence-corrected chi connectivity index (χ3v) is 7.65. The van der Waals surface area contributed by atoms with Crippen molar-refractivity contribution in [3.05, 3.63) is 78.1 Å². The molecule has 0 saturated carbocycles. The first-order valence-electron chi connectivity index (χ1n) is 12.3. The van der Waals surface area contributed by atoms with Gasteiger partial charge in [0.2, 0.25) is 5.91 Å². The average Bonchev–Trinajstić information content (AvgIpc) is 3.37. The molecule has 2 N–H and O–H groups in total. The highest BCUT2D eigenvalue weighted by atomic mass is 32.2. The summed E-state index contributed by atoms with van der Waals surface area (Å²) in [5.41, 5.74) is 1.33. The Labute approximate surface area is 230 Å². The van der Waals surface area contributed by atoms with Gasteiger partial charge in [-0.25, -0.2) is 0 Å². The Morgan fingerprint density at radius 2 is 1.79 bits per heavy atom. The summed E-state index contributed by atoms with van der Waals surface area (Å²) in [7, 11) is 1.59. The van der Waals surface area contributed by atoms with Crippen molar-refractivity contribution in [3.8, 4) is 5.75 Å². The Morgan fingerprint density at radius 3 is 2.53 bits per heavy atom. The number of ether oxygens (including phenoxy) is 1. The Bertz CT molecular complexity index is 1390. The third-order valence-electron chi connectivity index (χ3n) is 6.04. The van der Waals surface area contributed by atoms with Crippen LogP contribution in [0.25, 0.3) is 10.8 Å². The molecule has 0 unspecified atom stereocenters. The minimum atomic E-state index is -0.316. The summed E-state index contributed by atoms with van der Waals surface area (Å²) in [4.78, 5) is 25.8. The summed E-state index contributed by atoms with van der Waals surface area (Å²) in [5.74, 6) is 2.10. The number of hydrogen-bond acceptors (Lipinski definition) is 7. The largest absolute Gasteiger partial charge is 0.497 e. The van der Waals surface area contributed by atoms with Gasteiger partial charge in [-0.15, -0.1) is 10.2 Å². The average molecular weight is 550 g/mol. The van der Waals surface area contributed by atoms with Crippen molar-refractivity contribution in [1.29, 1.82) is 0 Å². The molecule has 0 spiro atoms. The van der Waals surface area contributed by atoms with Gasteiger partial charge in [-0.1, -0.05) is 48.2 Å². The van der Waals surface area contributed by atoms with Crippen molar-refractivity contribution in [1.82, 2.24) is 20.1 Å². The predicted molar refractivity (Wildman–Crippen MR) is 155 cm³/mol. The van der Waals surface area contributed by atoms with E-state index in [1.807, 2.05) is 60.2 Å². The molecule has 4 aromatic rings. The van der Waals surface area contributed by atoms with E-state index in [0.29, 0.717) is 35.3 Å². The summed E-state index contributed by atoms with van der Waals surface area (Å²) < 4.78 is 7.16. The van der Waals surface area contributed by atoms with Crippen LogP contribution in [0.3, 0.4) is 0 Å². The van der Waals surface area contributed by atoms with Crippen molar-refractivity contribution in [2.45, 2.75) is 31.1 Å². The fraction of sp³-hybridized carbons (Fsp3) is 0.286. The number of nitrogens with one attached hydrogen (secondary N) is 2. The van der Waals surface area contributed by atoms with E-state index in [0.717, 1.165) is 22.2 Å². The predicted octanol–water partition coefficient (Wildman–Crippen LogP) is 5.41. The van der Waals surface area contributed by atoms with Crippen molar-refractivity contribution in [2.75, 3.05) is 30.2 Å². The lowest BCUT2D eigenvalue weighted by molar-refractivity contribution is -0.113. The van der Waals surface area contributed by atoms with E-state index in [4.69, 9.17) is 4.74 Å². The molecule has 1 atom stereocenters. The number of thioether (sulfide) groups is 2.